The van der Waals surface area contributed by atoms with Crippen LogP contribution in [-0.4, -0.2) is 53.8 Å². The fourth-order valence-electron chi connectivity index (χ4n) is 3.63. The van der Waals surface area contributed by atoms with Crippen molar-refractivity contribution in [1.82, 2.24) is 14.3 Å². The molecule has 7 nitrogen and oxygen atoms in total. The zero-order valence-corrected chi connectivity index (χ0v) is 16.9. The molecule has 4 rings (SSSR count). The van der Waals surface area contributed by atoms with Crippen LogP contribution in [0.25, 0.3) is 5.69 Å². The van der Waals surface area contributed by atoms with Crippen molar-refractivity contribution < 1.29 is 17.9 Å². The summed E-state index contributed by atoms with van der Waals surface area (Å²) in [6.07, 6.45) is -3.39. The minimum atomic E-state index is -4.50. The fraction of sp³-hybridized carbons (Fsp3) is 0.333. The van der Waals surface area contributed by atoms with Crippen LogP contribution < -0.4 is 20.2 Å². The van der Waals surface area contributed by atoms with Gasteiger partial charge in [-0.2, -0.15) is 18.3 Å². The lowest BCUT2D eigenvalue weighted by molar-refractivity contribution is -0.143. The monoisotopic (exact) mass is 433 g/mol. The summed E-state index contributed by atoms with van der Waals surface area (Å²) in [6.45, 7) is 1.97. The summed E-state index contributed by atoms with van der Waals surface area (Å²) in [5, 5.41) is 3.56. The zero-order valence-electron chi connectivity index (χ0n) is 16.9. The number of hydrogen-bond acceptors (Lipinski definition) is 5. The van der Waals surface area contributed by atoms with Crippen LogP contribution in [-0.2, 0) is 6.54 Å². The highest BCUT2D eigenvalue weighted by atomic mass is 19.4. The molecule has 1 fully saturated rings. The molecular formula is C21H22F3N5O2. The Labute approximate surface area is 176 Å². The Bertz CT molecular complexity index is 1070. The summed E-state index contributed by atoms with van der Waals surface area (Å²) in [5.41, 5.74) is 1.79. The van der Waals surface area contributed by atoms with Crippen molar-refractivity contribution in [3.8, 4) is 11.4 Å². The van der Waals surface area contributed by atoms with Gasteiger partial charge in [0, 0.05) is 37.6 Å². The number of benzene rings is 2. The first-order chi connectivity index (χ1) is 14.8. The van der Waals surface area contributed by atoms with E-state index in [0.717, 1.165) is 54.2 Å². The first-order valence-corrected chi connectivity index (χ1v) is 9.80. The molecule has 2 heterocycles. The lowest BCUT2D eigenvalue weighted by Gasteiger charge is -2.37. The van der Waals surface area contributed by atoms with Crippen LogP contribution in [0.1, 0.15) is 0 Å². The second kappa shape index (κ2) is 8.37. The summed E-state index contributed by atoms with van der Waals surface area (Å²) in [4.78, 5) is 16.7. The molecule has 0 spiro atoms. The predicted molar refractivity (Wildman–Crippen MR) is 111 cm³/mol. The number of piperazine rings is 1. The first kappa shape index (κ1) is 20.8. The fourth-order valence-corrected chi connectivity index (χ4v) is 3.63. The number of aromatic nitrogens is 3. The molecule has 1 aliphatic heterocycles. The van der Waals surface area contributed by atoms with Gasteiger partial charge in [-0.05, 0) is 48.5 Å². The van der Waals surface area contributed by atoms with Crippen molar-refractivity contribution in [2.45, 2.75) is 12.7 Å². The second-order valence-corrected chi connectivity index (χ2v) is 7.24. The molecule has 0 radical (unpaired) electrons. The zero-order chi connectivity index (χ0) is 22.0. The van der Waals surface area contributed by atoms with Crippen molar-refractivity contribution in [3.63, 3.8) is 0 Å². The Hall–Kier alpha value is -3.43. The average Bonchev–Trinajstić information content (AvgIpc) is 3.12. The Balaban J connectivity index is 1.41. The van der Waals surface area contributed by atoms with Gasteiger partial charge in [0.15, 0.2) is 0 Å². The van der Waals surface area contributed by atoms with Gasteiger partial charge in [-0.1, -0.05) is 0 Å². The quantitative estimate of drug-likeness (QED) is 0.620. The van der Waals surface area contributed by atoms with E-state index in [1.165, 1.54) is 0 Å². The molecule has 0 aliphatic carbocycles. The van der Waals surface area contributed by atoms with Gasteiger partial charge in [-0.25, -0.2) is 14.0 Å². The van der Waals surface area contributed by atoms with Crippen molar-refractivity contribution >= 4 is 11.4 Å². The Morgan fingerprint density at radius 2 is 1.35 bits per heavy atom. The molecule has 0 bridgehead atoms. The molecule has 0 atom stereocenters. The summed E-state index contributed by atoms with van der Waals surface area (Å²) in [5.74, 6) is 0.825. The van der Waals surface area contributed by atoms with Crippen molar-refractivity contribution in [1.29, 1.82) is 0 Å². The van der Waals surface area contributed by atoms with Gasteiger partial charge in [0.05, 0.1) is 12.8 Å². The number of halogens is 3. The highest BCUT2D eigenvalue weighted by Gasteiger charge is 2.30. The topological polar surface area (TPSA) is 55.5 Å². The summed E-state index contributed by atoms with van der Waals surface area (Å²) < 4.78 is 44.3. The van der Waals surface area contributed by atoms with Gasteiger partial charge < -0.3 is 14.5 Å². The van der Waals surface area contributed by atoms with Crippen molar-refractivity contribution in [3.05, 3.63) is 65.3 Å². The molecule has 0 amide bonds. The molecule has 1 aromatic heterocycles. The minimum absolute atomic E-state index is 0.409. The van der Waals surface area contributed by atoms with E-state index in [1.807, 2.05) is 36.4 Å². The molecule has 0 N–H and O–H groups in total. The van der Waals surface area contributed by atoms with Crippen molar-refractivity contribution in [2.75, 3.05) is 43.1 Å². The number of hydrogen-bond donors (Lipinski definition) is 0. The third-order valence-electron chi connectivity index (χ3n) is 5.27. The maximum atomic E-state index is 12.5. The lowest BCUT2D eigenvalue weighted by Crippen LogP contribution is -2.46. The molecule has 1 saturated heterocycles. The third kappa shape index (κ3) is 4.68. The first-order valence-electron chi connectivity index (χ1n) is 9.80. The summed E-state index contributed by atoms with van der Waals surface area (Å²) in [7, 11) is 1.64. The van der Waals surface area contributed by atoms with Crippen molar-refractivity contribution in [2.24, 2.45) is 0 Å². The SMILES string of the molecule is COc1ccc(N2CCN(c3ccc(-n4cnn(CC(F)(F)F)c4=O)cc3)CC2)cc1. The number of methoxy groups -OCH3 is 1. The second-order valence-electron chi connectivity index (χ2n) is 7.24. The number of ether oxygens (including phenoxy) is 1. The molecule has 3 aromatic rings. The Kier molecular flexibility index (Phi) is 5.62. The van der Waals surface area contributed by atoms with E-state index >= 15 is 0 Å². The van der Waals surface area contributed by atoms with Crippen LogP contribution in [0.3, 0.4) is 0 Å². The van der Waals surface area contributed by atoms with Crippen LogP contribution in [0.15, 0.2) is 59.7 Å². The highest BCUT2D eigenvalue weighted by molar-refractivity contribution is 5.54. The summed E-state index contributed by atoms with van der Waals surface area (Å²) in [6, 6.07) is 15.1. The van der Waals surface area contributed by atoms with Gasteiger partial charge in [0.25, 0.3) is 0 Å². The van der Waals surface area contributed by atoms with Gasteiger partial charge in [0.1, 0.15) is 18.6 Å². The van der Waals surface area contributed by atoms with E-state index in [0.29, 0.717) is 10.4 Å². The van der Waals surface area contributed by atoms with Gasteiger partial charge >= 0.3 is 11.9 Å². The van der Waals surface area contributed by atoms with Crippen LogP contribution in [0.2, 0.25) is 0 Å². The number of anilines is 2. The van der Waals surface area contributed by atoms with Crippen LogP contribution in [0, 0.1) is 0 Å². The lowest BCUT2D eigenvalue weighted by atomic mass is 10.2. The molecule has 164 valence electrons. The van der Waals surface area contributed by atoms with Gasteiger partial charge in [0.2, 0.25) is 0 Å². The summed E-state index contributed by atoms with van der Waals surface area (Å²) >= 11 is 0. The maximum Gasteiger partial charge on any atom is 0.408 e. The van der Waals surface area contributed by atoms with E-state index in [4.69, 9.17) is 4.74 Å². The van der Waals surface area contributed by atoms with Crippen LogP contribution >= 0.6 is 0 Å². The van der Waals surface area contributed by atoms with Crippen LogP contribution in [0.4, 0.5) is 24.5 Å². The van der Waals surface area contributed by atoms with E-state index < -0.39 is 18.4 Å². The number of nitrogens with zero attached hydrogens (tertiary/aromatic N) is 5. The predicted octanol–water partition coefficient (Wildman–Crippen LogP) is 2.93. The van der Waals surface area contributed by atoms with Gasteiger partial charge in [-0.15, -0.1) is 0 Å². The number of rotatable bonds is 5. The van der Waals surface area contributed by atoms with E-state index in [1.54, 1.807) is 19.2 Å². The molecule has 1 aliphatic rings. The molecule has 0 unspecified atom stereocenters. The number of alkyl halides is 3. The largest absolute Gasteiger partial charge is 0.497 e. The molecule has 0 saturated carbocycles. The molecule has 2 aromatic carbocycles. The van der Waals surface area contributed by atoms with Crippen LogP contribution in [0.5, 0.6) is 5.75 Å². The standard InChI is InChI=1S/C21H22F3N5O2/c1-31-19-8-6-17(7-9-19)27-12-10-26(11-13-27)16-2-4-18(5-3-16)28-15-25-29(20(28)30)14-21(22,23)24/h2-9,15H,10-14H2,1H3. The van der Waals surface area contributed by atoms with E-state index in [-0.39, 0.29) is 0 Å². The smallest absolute Gasteiger partial charge is 0.408 e. The average molecular weight is 433 g/mol. The van der Waals surface area contributed by atoms with E-state index in [9.17, 15) is 18.0 Å². The molecular weight excluding hydrogens is 411 g/mol. The minimum Gasteiger partial charge on any atom is -0.497 e. The Morgan fingerprint density at radius 3 is 1.84 bits per heavy atom. The molecule has 31 heavy (non-hydrogen) atoms. The molecule has 10 heteroatoms. The third-order valence-corrected chi connectivity index (χ3v) is 5.27. The highest BCUT2D eigenvalue weighted by Crippen LogP contribution is 2.23. The van der Waals surface area contributed by atoms with Gasteiger partial charge in [-0.3, -0.25) is 0 Å². The Morgan fingerprint density at radius 1 is 0.871 bits per heavy atom. The normalized spacial score (nSPS) is 14.7. The maximum absolute atomic E-state index is 12.5. The van der Waals surface area contributed by atoms with E-state index in [2.05, 4.69) is 14.9 Å².